The summed E-state index contributed by atoms with van der Waals surface area (Å²) in [5.41, 5.74) is 1.04. The molecular formula is C38H56O4. The molecule has 2 aromatic carbocycles. The van der Waals surface area contributed by atoms with Crippen LogP contribution in [0, 0.1) is 0 Å². The maximum Gasteiger partial charge on any atom is 0.170 e. The van der Waals surface area contributed by atoms with E-state index in [1.807, 2.05) is 30.3 Å². The molecule has 0 aliphatic rings. The molecule has 0 aromatic heterocycles. The minimum Gasteiger partial charge on any atom is -0.494 e. The van der Waals surface area contributed by atoms with Crippen LogP contribution in [0.4, 0.5) is 0 Å². The molecule has 0 heterocycles. The third kappa shape index (κ3) is 16.5. The Kier molecular flexibility index (Phi) is 19.9. The molecule has 232 valence electrons. The standard InChI is InChI=1S/C38H56O4/c1-3-5-7-9-11-13-15-17-19-21-30-42-36-24-22-23-34(31-36)38(40)32-37(39)33-25-27-35(28-26-33)41-29-20-18-16-14-12-10-8-6-4-2/h4,22-28,31H,2-3,5-21,29-30,32H2,1H3. The van der Waals surface area contributed by atoms with E-state index in [4.69, 9.17) is 9.47 Å². The van der Waals surface area contributed by atoms with E-state index < -0.39 is 0 Å². The highest BCUT2D eigenvalue weighted by Crippen LogP contribution is 2.19. The van der Waals surface area contributed by atoms with E-state index in [-0.39, 0.29) is 18.0 Å². The third-order valence-corrected chi connectivity index (χ3v) is 7.74. The van der Waals surface area contributed by atoms with Crippen molar-refractivity contribution in [2.24, 2.45) is 0 Å². The summed E-state index contributed by atoms with van der Waals surface area (Å²) in [7, 11) is 0. The van der Waals surface area contributed by atoms with Crippen LogP contribution in [0.2, 0.25) is 0 Å². The Bertz CT molecular complexity index is 994. The van der Waals surface area contributed by atoms with Crippen LogP contribution < -0.4 is 9.47 Å². The van der Waals surface area contributed by atoms with Crippen molar-refractivity contribution in [3.8, 4) is 11.5 Å². The van der Waals surface area contributed by atoms with Crippen LogP contribution in [-0.2, 0) is 0 Å². The Balaban J connectivity index is 1.60. The van der Waals surface area contributed by atoms with E-state index in [0.717, 1.165) is 25.0 Å². The van der Waals surface area contributed by atoms with E-state index in [1.165, 1.54) is 96.3 Å². The molecule has 0 aliphatic heterocycles. The Morgan fingerprint density at radius 3 is 1.67 bits per heavy atom. The maximum absolute atomic E-state index is 12.8. The van der Waals surface area contributed by atoms with Gasteiger partial charge >= 0.3 is 0 Å². The molecule has 0 unspecified atom stereocenters. The molecule has 42 heavy (non-hydrogen) atoms. The molecule has 4 nitrogen and oxygen atoms in total. The van der Waals surface area contributed by atoms with Crippen molar-refractivity contribution >= 4 is 11.6 Å². The number of carbonyl (C=O) groups excluding carboxylic acids is 2. The smallest absolute Gasteiger partial charge is 0.170 e. The van der Waals surface area contributed by atoms with Crippen LogP contribution in [0.25, 0.3) is 0 Å². The van der Waals surface area contributed by atoms with Crippen LogP contribution in [0.3, 0.4) is 0 Å². The minimum absolute atomic E-state index is 0.157. The largest absolute Gasteiger partial charge is 0.494 e. The van der Waals surface area contributed by atoms with Gasteiger partial charge in [0.25, 0.3) is 0 Å². The highest BCUT2D eigenvalue weighted by Gasteiger charge is 2.14. The quantitative estimate of drug-likeness (QED) is 0.0459. The number of ether oxygens (including phenoxy) is 2. The Morgan fingerprint density at radius 1 is 0.595 bits per heavy atom. The van der Waals surface area contributed by atoms with Crippen LogP contribution in [0.5, 0.6) is 11.5 Å². The van der Waals surface area contributed by atoms with Crippen LogP contribution >= 0.6 is 0 Å². The fourth-order valence-electron chi connectivity index (χ4n) is 5.09. The molecule has 0 fully saturated rings. The molecule has 0 N–H and O–H groups in total. The van der Waals surface area contributed by atoms with Gasteiger partial charge in [-0.1, -0.05) is 115 Å². The molecule has 0 spiro atoms. The summed E-state index contributed by atoms with van der Waals surface area (Å²) in [6, 6.07) is 14.3. The molecule has 2 rings (SSSR count). The number of unbranched alkanes of at least 4 members (excludes halogenated alkanes) is 16. The number of ketones is 2. The van der Waals surface area contributed by atoms with Crippen molar-refractivity contribution in [3.63, 3.8) is 0 Å². The van der Waals surface area contributed by atoms with Gasteiger partial charge in [0.1, 0.15) is 11.5 Å². The van der Waals surface area contributed by atoms with Crippen molar-refractivity contribution in [2.45, 2.75) is 129 Å². The Labute approximate surface area is 256 Å². The lowest BCUT2D eigenvalue weighted by Gasteiger charge is -2.09. The Morgan fingerprint density at radius 2 is 1.10 bits per heavy atom. The van der Waals surface area contributed by atoms with Gasteiger partial charge in [0, 0.05) is 11.1 Å². The molecule has 0 saturated heterocycles. The van der Waals surface area contributed by atoms with Gasteiger partial charge in [-0.2, -0.15) is 0 Å². The summed E-state index contributed by atoms with van der Waals surface area (Å²) in [6.45, 7) is 7.35. The highest BCUT2D eigenvalue weighted by atomic mass is 16.5. The number of Topliss-reactive ketones (excluding diaryl/α,β-unsaturated/α-hetero) is 2. The van der Waals surface area contributed by atoms with Gasteiger partial charge in [0.05, 0.1) is 19.6 Å². The van der Waals surface area contributed by atoms with Gasteiger partial charge in [-0.15, -0.1) is 6.58 Å². The average Bonchev–Trinajstić information content (AvgIpc) is 3.01. The first-order chi connectivity index (χ1) is 20.6. The molecule has 0 saturated carbocycles. The van der Waals surface area contributed by atoms with Gasteiger partial charge < -0.3 is 9.47 Å². The van der Waals surface area contributed by atoms with Crippen molar-refractivity contribution in [3.05, 3.63) is 72.3 Å². The fraction of sp³-hybridized carbons (Fsp3) is 0.579. The summed E-state index contributed by atoms with van der Waals surface area (Å²) in [5.74, 6) is 1.07. The van der Waals surface area contributed by atoms with E-state index in [0.29, 0.717) is 30.1 Å². The highest BCUT2D eigenvalue weighted by molar-refractivity contribution is 6.13. The number of benzene rings is 2. The summed E-state index contributed by atoms with van der Waals surface area (Å²) in [4.78, 5) is 25.6. The molecule has 0 bridgehead atoms. The van der Waals surface area contributed by atoms with Crippen molar-refractivity contribution in [1.29, 1.82) is 0 Å². The Hall–Kier alpha value is -2.88. The predicted octanol–water partition coefficient (Wildman–Crippen LogP) is 11.1. The first kappa shape index (κ1) is 35.3. The van der Waals surface area contributed by atoms with E-state index in [9.17, 15) is 9.59 Å². The summed E-state index contributed by atoms with van der Waals surface area (Å²) < 4.78 is 11.7. The third-order valence-electron chi connectivity index (χ3n) is 7.74. The second-order valence-electron chi connectivity index (χ2n) is 11.5. The average molecular weight is 577 g/mol. The molecule has 0 radical (unpaired) electrons. The van der Waals surface area contributed by atoms with Gasteiger partial charge in [-0.3, -0.25) is 9.59 Å². The van der Waals surface area contributed by atoms with Crippen LogP contribution in [0.15, 0.2) is 61.2 Å². The number of rotatable bonds is 27. The zero-order valence-electron chi connectivity index (χ0n) is 26.4. The molecular weight excluding hydrogens is 520 g/mol. The van der Waals surface area contributed by atoms with E-state index >= 15 is 0 Å². The summed E-state index contributed by atoms with van der Waals surface area (Å²) in [5, 5.41) is 0. The topological polar surface area (TPSA) is 52.6 Å². The minimum atomic E-state index is -0.189. The lowest BCUT2D eigenvalue weighted by molar-refractivity contribution is 0.0894. The number of carbonyl (C=O) groups is 2. The van der Waals surface area contributed by atoms with Gasteiger partial charge in [-0.05, 0) is 62.1 Å². The second kappa shape index (κ2) is 23.7. The van der Waals surface area contributed by atoms with Crippen LogP contribution in [0.1, 0.15) is 150 Å². The van der Waals surface area contributed by atoms with Crippen molar-refractivity contribution in [1.82, 2.24) is 0 Å². The van der Waals surface area contributed by atoms with Gasteiger partial charge in [0.15, 0.2) is 11.6 Å². The van der Waals surface area contributed by atoms with E-state index in [1.54, 1.807) is 24.3 Å². The van der Waals surface area contributed by atoms with Gasteiger partial charge in [-0.25, -0.2) is 0 Å². The van der Waals surface area contributed by atoms with Crippen molar-refractivity contribution in [2.75, 3.05) is 13.2 Å². The summed E-state index contributed by atoms with van der Waals surface area (Å²) >= 11 is 0. The molecule has 0 amide bonds. The molecule has 2 aromatic rings. The molecule has 0 atom stereocenters. The first-order valence-electron chi connectivity index (χ1n) is 16.8. The SMILES string of the molecule is C=CCCCCCCCCCOc1ccc(C(=O)CC(=O)c2cccc(OCCCCCCCCCCCC)c2)cc1. The monoisotopic (exact) mass is 576 g/mol. The lowest BCUT2D eigenvalue weighted by Crippen LogP contribution is -2.09. The molecule has 4 heteroatoms. The van der Waals surface area contributed by atoms with Crippen molar-refractivity contribution < 1.29 is 19.1 Å². The first-order valence-corrected chi connectivity index (χ1v) is 16.8. The lowest BCUT2D eigenvalue weighted by atomic mass is 10.0. The molecule has 0 aliphatic carbocycles. The number of hydrogen-bond acceptors (Lipinski definition) is 4. The maximum atomic E-state index is 12.8. The van der Waals surface area contributed by atoms with E-state index in [2.05, 4.69) is 13.5 Å². The number of hydrogen-bond donors (Lipinski definition) is 0. The number of allylic oxidation sites excluding steroid dienone is 1. The summed E-state index contributed by atoms with van der Waals surface area (Å²) in [6.07, 6.45) is 24.4. The zero-order valence-corrected chi connectivity index (χ0v) is 26.4. The van der Waals surface area contributed by atoms with Gasteiger partial charge in [0.2, 0.25) is 0 Å². The normalized spacial score (nSPS) is 10.9. The fourth-order valence-corrected chi connectivity index (χ4v) is 5.09. The second-order valence-corrected chi connectivity index (χ2v) is 11.5. The predicted molar refractivity (Wildman–Crippen MR) is 176 cm³/mol. The zero-order chi connectivity index (χ0) is 30.1. The van der Waals surface area contributed by atoms with Crippen LogP contribution in [-0.4, -0.2) is 24.8 Å².